The van der Waals surface area contributed by atoms with E-state index in [1.165, 1.54) is 44.6 Å². The van der Waals surface area contributed by atoms with Crippen molar-refractivity contribution < 1.29 is 32.2 Å². The van der Waals surface area contributed by atoms with E-state index in [0.717, 1.165) is 0 Å². The molecule has 0 radical (unpaired) electrons. The smallest absolute Gasteiger partial charge is 0.338 e. The van der Waals surface area contributed by atoms with Gasteiger partial charge in [-0.2, -0.15) is 0 Å². The molecule has 0 unspecified atom stereocenters. The first kappa shape index (κ1) is 22.5. The van der Waals surface area contributed by atoms with Gasteiger partial charge >= 0.3 is 5.97 Å². The fourth-order valence-corrected chi connectivity index (χ4v) is 4.58. The monoisotopic (exact) mass is 486 g/mol. The third-order valence-corrected chi connectivity index (χ3v) is 6.11. The number of rotatable bonds is 8. The van der Waals surface area contributed by atoms with Gasteiger partial charge in [0, 0.05) is 10.5 Å². The molecule has 156 valence electrons. The summed E-state index contributed by atoms with van der Waals surface area (Å²) in [6.45, 7) is 1.85. The number of ether oxygens (including phenoxy) is 3. The van der Waals surface area contributed by atoms with E-state index in [9.17, 15) is 18.0 Å². The van der Waals surface area contributed by atoms with Crippen LogP contribution < -0.4 is 19.9 Å². The van der Waals surface area contributed by atoms with Crippen molar-refractivity contribution in [1.29, 1.82) is 0 Å². The molecule has 3 N–H and O–H groups in total. The second-order valence-corrected chi connectivity index (χ2v) is 8.09. The average Bonchev–Trinajstić information content (AvgIpc) is 2.66. The number of anilines is 1. The molecule has 0 spiro atoms. The molecular weight excluding hydrogens is 468 g/mol. The lowest BCUT2D eigenvalue weighted by molar-refractivity contribution is 0.0526. The van der Waals surface area contributed by atoms with Crippen LogP contribution in [0, 0.1) is 0 Å². The van der Waals surface area contributed by atoms with Gasteiger partial charge in [-0.05, 0) is 47.1 Å². The quantitative estimate of drug-likeness (QED) is 0.547. The van der Waals surface area contributed by atoms with Crippen LogP contribution in [0.4, 0.5) is 5.69 Å². The second kappa shape index (κ2) is 9.14. The number of esters is 1. The zero-order valence-electron chi connectivity index (χ0n) is 15.8. The molecule has 0 heterocycles. The van der Waals surface area contributed by atoms with Crippen LogP contribution in [0.15, 0.2) is 39.7 Å². The number of hydrogen-bond donors (Lipinski definition) is 2. The minimum Gasteiger partial charge on any atom is -0.493 e. The van der Waals surface area contributed by atoms with Crippen molar-refractivity contribution in [2.75, 3.05) is 25.5 Å². The predicted molar refractivity (Wildman–Crippen MR) is 109 cm³/mol. The van der Waals surface area contributed by atoms with E-state index in [1.807, 2.05) is 0 Å². The van der Waals surface area contributed by atoms with Crippen molar-refractivity contribution in [3.63, 3.8) is 0 Å². The van der Waals surface area contributed by atoms with Gasteiger partial charge in [0.05, 0.1) is 37.6 Å². The number of methoxy groups -OCH3 is 2. The molecule has 0 atom stereocenters. The molecule has 0 saturated heterocycles. The third-order valence-electron chi connectivity index (χ3n) is 3.77. The van der Waals surface area contributed by atoms with Crippen molar-refractivity contribution in [3.8, 4) is 11.5 Å². The van der Waals surface area contributed by atoms with E-state index in [4.69, 9.17) is 19.9 Å². The zero-order chi connectivity index (χ0) is 21.8. The summed E-state index contributed by atoms with van der Waals surface area (Å²) in [5.41, 5.74) is 5.36. The second-order valence-electron chi connectivity index (χ2n) is 5.59. The SMILES string of the molecule is CCOC(=O)c1ccc(S(=O)(=O)Nc2cc(OC)c(OC)cc2C(N)=O)c(Br)c1. The van der Waals surface area contributed by atoms with Gasteiger partial charge in [0.15, 0.2) is 11.5 Å². The van der Waals surface area contributed by atoms with Gasteiger partial charge in [-0.25, -0.2) is 13.2 Å². The Labute approximate surface area is 176 Å². The average molecular weight is 487 g/mol. The number of sulfonamides is 1. The molecule has 2 aromatic rings. The lowest BCUT2D eigenvalue weighted by Gasteiger charge is -2.16. The molecule has 29 heavy (non-hydrogen) atoms. The first-order valence-corrected chi connectivity index (χ1v) is 10.5. The molecule has 0 fully saturated rings. The molecule has 1 amide bonds. The number of amides is 1. The van der Waals surface area contributed by atoms with Gasteiger partial charge in [0.2, 0.25) is 0 Å². The highest BCUT2D eigenvalue weighted by Crippen LogP contribution is 2.35. The normalized spacial score (nSPS) is 10.9. The lowest BCUT2D eigenvalue weighted by atomic mass is 10.1. The minimum absolute atomic E-state index is 0.0866. The summed E-state index contributed by atoms with van der Waals surface area (Å²) in [4.78, 5) is 23.4. The number of nitrogens with two attached hydrogens (primary N) is 1. The van der Waals surface area contributed by atoms with E-state index in [0.29, 0.717) is 0 Å². The molecule has 0 aliphatic carbocycles. The van der Waals surface area contributed by atoms with Crippen LogP contribution in [-0.2, 0) is 14.8 Å². The number of carbonyl (C=O) groups excluding carboxylic acids is 2. The first-order chi connectivity index (χ1) is 13.6. The molecular formula is C18H19BrN2O7S. The highest BCUT2D eigenvalue weighted by Gasteiger charge is 2.23. The van der Waals surface area contributed by atoms with Crippen molar-refractivity contribution in [1.82, 2.24) is 0 Å². The van der Waals surface area contributed by atoms with Crippen LogP contribution >= 0.6 is 15.9 Å². The van der Waals surface area contributed by atoms with E-state index in [2.05, 4.69) is 20.7 Å². The Morgan fingerprint density at radius 1 is 1.10 bits per heavy atom. The van der Waals surface area contributed by atoms with Crippen LogP contribution in [0.2, 0.25) is 0 Å². The molecule has 0 bridgehead atoms. The van der Waals surface area contributed by atoms with E-state index in [-0.39, 0.29) is 44.3 Å². The number of carbonyl (C=O) groups is 2. The van der Waals surface area contributed by atoms with Gasteiger partial charge < -0.3 is 19.9 Å². The number of nitrogens with one attached hydrogen (secondary N) is 1. The predicted octanol–water partition coefficient (Wildman–Crippen LogP) is 2.54. The number of benzene rings is 2. The lowest BCUT2D eigenvalue weighted by Crippen LogP contribution is -2.19. The van der Waals surface area contributed by atoms with Crippen molar-refractivity contribution in [2.24, 2.45) is 5.73 Å². The zero-order valence-corrected chi connectivity index (χ0v) is 18.2. The molecule has 0 aromatic heterocycles. The number of halogens is 1. The van der Waals surface area contributed by atoms with Gasteiger partial charge in [-0.15, -0.1) is 0 Å². The molecule has 0 saturated carbocycles. The summed E-state index contributed by atoms with van der Waals surface area (Å²) in [7, 11) is -1.42. The Hall–Kier alpha value is -2.79. The Morgan fingerprint density at radius 2 is 1.72 bits per heavy atom. The molecule has 0 aliphatic rings. The molecule has 0 aliphatic heterocycles. The fourth-order valence-electron chi connectivity index (χ4n) is 2.43. The highest BCUT2D eigenvalue weighted by atomic mass is 79.9. The summed E-state index contributed by atoms with van der Waals surface area (Å²) in [5.74, 6) is -1.03. The van der Waals surface area contributed by atoms with Crippen LogP contribution in [0.25, 0.3) is 0 Å². The van der Waals surface area contributed by atoms with Crippen LogP contribution in [0.3, 0.4) is 0 Å². The van der Waals surface area contributed by atoms with Crippen molar-refractivity contribution in [3.05, 3.63) is 45.9 Å². The summed E-state index contributed by atoms with van der Waals surface area (Å²) < 4.78 is 43.4. The highest BCUT2D eigenvalue weighted by molar-refractivity contribution is 9.10. The van der Waals surface area contributed by atoms with Crippen LogP contribution in [0.5, 0.6) is 11.5 Å². The Balaban J connectivity index is 2.48. The maximum absolute atomic E-state index is 12.9. The summed E-state index contributed by atoms with van der Waals surface area (Å²) in [5, 5.41) is 0. The molecule has 2 aromatic carbocycles. The topological polar surface area (TPSA) is 134 Å². The Morgan fingerprint density at radius 3 is 2.24 bits per heavy atom. The van der Waals surface area contributed by atoms with E-state index in [1.54, 1.807) is 6.92 Å². The molecule has 11 heteroatoms. The van der Waals surface area contributed by atoms with E-state index < -0.39 is 21.9 Å². The summed E-state index contributed by atoms with van der Waals surface area (Å²) in [6.07, 6.45) is 0. The molecule has 9 nitrogen and oxygen atoms in total. The summed E-state index contributed by atoms with van der Waals surface area (Å²) >= 11 is 3.15. The minimum atomic E-state index is -4.15. The third kappa shape index (κ3) is 4.98. The molecule has 2 rings (SSSR count). The standard InChI is InChI=1S/C18H19BrN2O7S/c1-4-28-18(23)10-5-6-16(12(19)7-10)29(24,25)21-13-9-15(27-3)14(26-2)8-11(13)17(20)22/h5-9,21H,4H2,1-3H3,(H2,20,22). The number of primary amides is 1. The Bertz CT molecular complexity index is 1050. The summed E-state index contributed by atoms with van der Waals surface area (Å²) in [6, 6.07) is 6.45. The van der Waals surface area contributed by atoms with E-state index >= 15 is 0 Å². The fraction of sp³-hybridized carbons (Fsp3) is 0.222. The van der Waals surface area contributed by atoms with Gasteiger partial charge in [-0.1, -0.05) is 0 Å². The number of hydrogen-bond acceptors (Lipinski definition) is 7. The maximum Gasteiger partial charge on any atom is 0.338 e. The largest absolute Gasteiger partial charge is 0.493 e. The van der Waals surface area contributed by atoms with Gasteiger partial charge in [0.1, 0.15) is 4.90 Å². The van der Waals surface area contributed by atoms with Gasteiger partial charge in [-0.3, -0.25) is 9.52 Å². The Kier molecular flexibility index (Phi) is 7.09. The van der Waals surface area contributed by atoms with Crippen LogP contribution in [-0.4, -0.2) is 41.1 Å². The van der Waals surface area contributed by atoms with Crippen LogP contribution in [0.1, 0.15) is 27.6 Å². The van der Waals surface area contributed by atoms with Gasteiger partial charge in [0.25, 0.3) is 15.9 Å². The van der Waals surface area contributed by atoms with Crippen molar-refractivity contribution >= 4 is 43.5 Å². The first-order valence-electron chi connectivity index (χ1n) is 8.19. The maximum atomic E-state index is 12.9. The van der Waals surface area contributed by atoms with Crippen molar-refractivity contribution in [2.45, 2.75) is 11.8 Å².